The molecule has 116 valence electrons. The highest BCUT2D eigenvalue weighted by Gasteiger charge is 2.35. The first-order chi connectivity index (χ1) is 9.92. The Bertz CT molecular complexity index is 557. The second kappa shape index (κ2) is 5.31. The molecule has 1 atom stereocenters. The Morgan fingerprint density at radius 3 is 2.71 bits per heavy atom. The van der Waals surface area contributed by atoms with E-state index < -0.39 is 0 Å². The second-order valence-electron chi connectivity index (χ2n) is 7.27. The second-order valence-corrected chi connectivity index (χ2v) is 8.41. The number of nitrogen functional groups attached to an aromatic ring is 1. The standard InChI is InChI=1S/C17H26N2OS/c1-4-17(2,3)10-5-8-12-13(9-10)21-15(18)14(12)16(20)19-11-6-7-11/h10-11H,4-9,18H2,1-3H3,(H,19,20). The molecule has 1 heterocycles. The number of thiophene rings is 1. The fraction of sp³-hybridized carbons (Fsp3) is 0.706. The Balaban J connectivity index is 1.83. The molecule has 0 radical (unpaired) electrons. The molecule has 1 saturated carbocycles. The molecule has 0 saturated heterocycles. The summed E-state index contributed by atoms with van der Waals surface area (Å²) in [4.78, 5) is 13.8. The van der Waals surface area contributed by atoms with Crippen molar-refractivity contribution < 1.29 is 4.79 Å². The molecule has 2 aliphatic rings. The van der Waals surface area contributed by atoms with Gasteiger partial charge >= 0.3 is 0 Å². The van der Waals surface area contributed by atoms with E-state index >= 15 is 0 Å². The van der Waals surface area contributed by atoms with Crippen LogP contribution in [-0.4, -0.2) is 11.9 Å². The minimum Gasteiger partial charge on any atom is -0.390 e. The Morgan fingerprint density at radius 1 is 1.38 bits per heavy atom. The molecule has 21 heavy (non-hydrogen) atoms. The lowest BCUT2D eigenvalue weighted by atomic mass is 9.69. The summed E-state index contributed by atoms with van der Waals surface area (Å²) in [5.74, 6) is 0.757. The van der Waals surface area contributed by atoms with Gasteiger partial charge in [0.05, 0.1) is 10.6 Å². The first kappa shape index (κ1) is 14.9. The molecule has 1 amide bonds. The van der Waals surface area contributed by atoms with E-state index in [1.165, 1.54) is 23.3 Å². The van der Waals surface area contributed by atoms with E-state index in [2.05, 4.69) is 26.1 Å². The van der Waals surface area contributed by atoms with Gasteiger partial charge in [0.2, 0.25) is 0 Å². The van der Waals surface area contributed by atoms with Crippen molar-refractivity contribution in [1.29, 1.82) is 0 Å². The van der Waals surface area contributed by atoms with Crippen LogP contribution in [0.1, 0.15) is 67.3 Å². The molecular weight excluding hydrogens is 280 g/mol. The summed E-state index contributed by atoms with van der Waals surface area (Å²) in [6.07, 6.45) is 6.69. The maximum absolute atomic E-state index is 12.4. The van der Waals surface area contributed by atoms with Crippen LogP contribution in [0.3, 0.4) is 0 Å². The van der Waals surface area contributed by atoms with Gasteiger partial charge in [0.25, 0.3) is 5.91 Å². The number of nitrogens with one attached hydrogen (secondary N) is 1. The van der Waals surface area contributed by atoms with Gasteiger partial charge in [0.1, 0.15) is 0 Å². The fourth-order valence-corrected chi connectivity index (χ4v) is 4.49. The van der Waals surface area contributed by atoms with Gasteiger partial charge < -0.3 is 11.1 Å². The summed E-state index contributed by atoms with van der Waals surface area (Å²) in [5.41, 5.74) is 8.55. The summed E-state index contributed by atoms with van der Waals surface area (Å²) >= 11 is 1.64. The number of nitrogens with two attached hydrogens (primary N) is 1. The number of fused-ring (bicyclic) bond motifs is 1. The van der Waals surface area contributed by atoms with E-state index in [0.717, 1.165) is 31.2 Å². The maximum atomic E-state index is 12.4. The van der Waals surface area contributed by atoms with Crippen LogP contribution in [-0.2, 0) is 12.8 Å². The summed E-state index contributed by atoms with van der Waals surface area (Å²) < 4.78 is 0. The van der Waals surface area contributed by atoms with E-state index in [1.54, 1.807) is 11.3 Å². The van der Waals surface area contributed by atoms with Crippen molar-refractivity contribution in [3.63, 3.8) is 0 Å². The zero-order chi connectivity index (χ0) is 15.2. The highest BCUT2D eigenvalue weighted by Crippen LogP contribution is 2.44. The van der Waals surface area contributed by atoms with Crippen molar-refractivity contribution in [1.82, 2.24) is 5.32 Å². The van der Waals surface area contributed by atoms with Gasteiger partial charge in [-0.3, -0.25) is 4.79 Å². The predicted molar refractivity (Wildman–Crippen MR) is 88.8 cm³/mol. The molecule has 4 heteroatoms. The number of hydrogen-bond donors (Lipinski definition) is 2. The maximum Gasteiger partial charge on any atom is 0.254 e. The minimum absolute atomic E-state index is 0.0562. The van der Waals surface area contributed by atoms with Crippen molar-refractivity contribution in [2.24, 2.45) is 11.3 Å². The van der Waals surface area contributed by atoms with E-state index in [0.29, 0.717) is 22.4 Å². The molecule has 1 aromatic heterocycles. The third-order valence-corrected chi connectivity index (χ3v) is 6.53. The van der Waals surface area contributed by atoms with Crippen LogP contribution in [0.15, 0.2) is 0 Å². The largest absolute Gasteiger partial charge is 0.390 e. The molecule has 0 spiro atoms. The third-order valence-electron chi connectivity index (χ3n) is 5.45. The molecule has 1 aromatic rings. The van der Waals surface area contributed by atoms with Crippen molar-refractivity contribution in [2.45, 2.75) is 65.3 Å². The minimum atomic E-state index is 0.0562. The van der Waals surface area contributed by atoms with Gasteiger partial charge in [-0.25, -0.2) is 0 Å². The summed E-state index contributed by atoms with van der Waals surface area (Å²) in [7, 11) is 0. The molecule has 3 N–H and O–H groups in total. The Hall–Kier alpha value is -1.03. The van der Waals surface area contributed by atoms with E-state index in [9.17, 15) is 4.79 Å². The molecule has 3 nitrogen and oxygen atoms in total. The Kier molecular flexibility index (Phi) is 3.76. The van der Waals surface area contributed by atoms with Gasteiger partial charge in [-0.2, -0.15) is 0 Å². The van der Waals surface area contributed by atoms with E-state index in [4.69, 9.17) is 5.73 Å². The van der Waals surface area contributed by atoms with Crippen molar-refractivity contribution in [2.75, 3.05) is 5.73 Å². The van der Waals surface area contributed by atoms with Gasteiger partial charge in [-0.05, 0) is 49.0 Å². The SMILES string of the molecule is CCC(C)(C)C1CCc2c(sc(N)c2C(=O)NC2CC2)C1. The number of amides is 1. The van der Waals surface area contributed by atoms with E-state index in [1.807, 2.05) is 0 Å². The van der Waals surface area contributed by atoms with Gasteiger partial charge in [0.15, 0.2) is 0 Å². The average molecular weight is 306 g/mol. The molecule has 0 aromatic carbocycles. The molecule has 1 fully saturated rings. The van der Waals surface area contributed by atoms with Crippen molar-refractivity contribution >= 4 is 22.2 Å². The Morgan fingerprint density at radius 2 is 2.10 bits per heavy atom. The summed E-state index contributed by atoms with van der Waals surface area (Å²) in [5, 5.41) is 3.80. The topological polar surface area (TPSA) is 55.1 Å². The first-order valence-electron chi connectivity index (χ1n) is 8.13. The van der Waals surface area contributed by atoms with E-state index in [-0.39, 0.29) is 5.91 Å². The molecule has 0 aliphatic heterocycles. The summed E-state index contributed by atoms with van der Waals surface area (Å²) in [6.45, 7) is 6.99. The monoisotopic (exact) mass is 306 g/mol. The lowest BCUT2D eigenvalue weighted by Crippen LogP contribution is -2.30. The molecule has 3 rings (SSSR count). The fourth-order valence-electron chi connectivity index (χ4n) is 3.30. The summed E-state index contributed by atoms with van der Waals surface area (Å²) in [6, 6.07) is 0.391. The van der Waals surface area contributed by atoms with Crippen LogP contribution >= 0.6 is 11.3 Å². The zero-order valence-electron chi connectivity index (χ0n) is 13.3. The van der Waals surface area contributed by atoms with Crippen molar-refractivity contribution in [3.8, 4) is 0 Å². The number of carbonyl (C=O) groups is 1. The van der Waals surface area contributed by atoms with Crippen LogP contribution in [0.4, 0.5) is 5.00 Å². The molecule has 0 bridgehead atoms. The smallest absolute Gasteiger partial charge is 0.254 e. The number of rotatable bonds is 4. The highest BCUT2D eigenvalue weighted by atomic mass is 32.1. The van der Waals surface area contributed by atoms with Crippen LogP contribution in [0, 0.1) is 11.3 Å². The highest BCUT2D eigenvalue weighted by molar-refractivity contribution is 7.16. The number of anilines is 1. The first-order valence-corrected chi connectivity index (χ1v) is 8.95. The van der Waals surface area contributed by atoms with Gasteiger partial charge in [-0.15, -0.1) is 11.3 Å². The van der Waals surface area contributed by atoms with Gasteiger partial charge in [0, 0.05) is 10.9 Å². The lowest BCUT2D eigenvalue weighted by molar-refractivity contribution is 0.0950. The quantitative estimate of drug-likeness (QED) is 0.890. The van der Waals surface area contributed by atoms with Crippen LogP contribution in [0.25, 0.3) is 0 Å². The zero-order valence-corrected chi connectivity index (χ0v) is 14.1. The average Bonchev–Trinajstić information content (AvgIpc) is 3.17. The number of hydrogen-bond acceptors (Lipinski definition) is 3. The molecule has 2 aliphatic carbocycles. The third kappa shape index (κ3) is 2.83. The van der Waals surface area contributed by atoms with Crippen LogP contribution < -0.4 is 11.1 Å². The molecule has 1 unspecified atom stereocenters. The van der Waals surface area contributed by atoms with Gasteiger partial charge in [-0.1, -0.05) is 27.2 Å². The van der Waals surface area contributed by atoms with Crippen LogP contribution in [0.2, 0.25) is 0 Å². The Labute approximate surface area is 131 Å². The predicted octanol–water partition coefficient (Wildman–Crippen LogP) is 3.76. The normalized spacial score (nSPS) is 22.0. The molecular formula is C17H26N2OS. The van der Waals surface area contributed by atoms with Crippen molar-refractivity contribution in [3.05, 3.63) is 16.0 Å². The van der Waals surface area contributed by atoms with Crippen LogP contribution in [0.5, 0.6) is 0 Å². The lowest BCUT2D eigenvalue weighted by Gasteiger charge is -2.36. The number of carbonyl (C=O) groups excluding carboxylic acids is 1.